The Morgan fingerprint density at radius 2 is 1.82 bits per heavy atom. The third-order valence-corrected chi connectivity index (χ3v) is 4.93. The number of nitrogens with zero attached hydrogens (tertiary/aromatic N) is 3. The van der Waals surface area contributed by atoms with E-state index >= 15 is 0 Å². The van der Waals surface area contributed by atoms with E-state index in [0.29, 0.717) is 44.2 Å². The molecule has 0 aliphatic rings. The number of pyridine rings is 1. The number of aromatic nitrogens is 3. The number of aryl methyl sites for hydroxylation is 1. The molecule has 3 rings (SSSR count). The number of nitrogen functional groups attached to an aromatic ring is 2. The Kier molecular flexibility index (Phi) is 7.06. The average Bonchev–Trinajstić information content (AvgIpc) is 2.59. The van der Waals surface area contributed by atoms with Crippen molar-refractivity contribution in [3.63, 3.8) is 0 Å². The van der Waals surface area contributed by atoms with Gasteiger partial charge < -0.3 is 21.9 Å². The number of hydrogen-bond donors (Lipinski definition) is 4. The lowest BCUT2D eigenvalue weighted by molar-refractivity contribution is -0.134. The van der Waals surface area contributed by atoms with Crippen molar-refractivity contribution in [3.8, 4) is 0 Å². The van der Waals surface area contributed by atoms with Gasteiger partial charge in [0.1, 0.15) is 5.82 Å². The summed E-state index contributed by atoms with van der Waals surface area (Å²) in [4.78, 5) is 21.4. The van der Waals surface area contributed by atoms with E-state index in [1.807, 2.05) is 6.92 Å². The van der Waals surface area contributed by atoms with Gasteiger partial charge in [-0.15, -0.1) is 0 Å². The van der Waals surface area contributed by atoms with Crippen molar-refractivity contribution in [2.45, 2.75) is 20.4 Å². The number of fused-ring (bicyclic) bond motifs is 1. The highest BCUT2D eigenvalue weighted by Crippen LogP contribution is 2.36. The molecule has 3 aromatic rings. The first-order valence-electron chi connectivity index (χ1n) is 7.85. The lowest BCUT2D eigenvalue weighted by Gasteiger charge is -2.13. The predicted octanol–water partition coefficient (Wildman–Crippen LogP) is 4.16. The molecule has 0 spiro atoms. The molecule has 28 heavy (non-hydrogen) atoms. The van der Waals surface area contributed by atoms with Crippen LogP contribution < -0.4 is 16.8 Å². The summed E-state index contributed by atoms with van der Waals surface area (Å²) in [7, 11) is 0. The molecule has 148 valence electrons. The molecule has 0 unspecified atom stereocenters. The van der Waals surface area contributed by atoms with Crippen LogP contribution in [0.1, 0.15) is 18.1 Å². The van der Waals surface area contributed by atoms with Gasteiger partial charge >= 0.3 is 0 Å². The zero-order valence-electron chi connectivity index (χ0n) is 14.9. The van der Waals surface area contributed by atoms with Crippen LogP contribution in [-0.2, 0) is 11.3 Å². The summed E-state index contributed by atoms with van der Waals surface area (Å²) in [5, 5.41) is 12.4. The molecule has 0 aliphatic heterocycles. The molecular formula is C17H17Cl3N6O2. The van der Waals surface area contributed by atoms with Crippen molar-refractivity contribution in [3.05, 3.63) is 44.5 Å². The van der Waals surface area contributed by atoms with Gasteiger partial charge in [-0.3, -0.25) is 4.79 Å². The first-order valence-corrected chi connectivity index (χ1v) is 8.99. The molecule has 0 amide bonds. The second-order valence-corrected chi connectivity index (χ2v) is 6.83. The Labute approximate surface area is 175 Å². The van der Waals surface area contributed by atoms with Crippen LogP contribution in [0.4, 0.5) is 17.5 Å². The third kappa shape index (κ3) is 5.03. The van der Waals surface area contributed by atoms with Crippen LogP contribution in [0.5, 0.6) is 0 Å². The zero-order chi connectivity index (χ0) is 21.0. The number of aliphatic carboxylic acids is 1. The first kappa shape index (κ1) is 21.7. The molecular weight excluding hydrogens is 427 g/mol. The van der Waals surface area contributed by atoms with Crippen molar-refractivity contribution in [1.29, 1.82) is 0 Å². The summed E-state index contributed by atoms with van der Waals surface area (Å²) < 4.78 is 0. The Morgan fingerprint density at radius 3 is 2.46 bits per heavy atom. The molecule has 0 saturated carbocycles. The highest BCUT2D eigenvalue weighted by atomic mass is 35.5. The molecule has 2 heterocycles. The number of carboxylic acid groups (broad SMARTS) is 1. The lowest BCUT2D eigenvalue weighted by Crippen LogP contribution is -2.07. The maximum absolute atomic E-state index is 9.00. The largest absolute Gasteiger partial charge is 0.481 e. The van der Waals surface area contributed by atoms with Crippen LogP contribution in [0.2, 0.25) is 15.1 Å². The number of nitrogens with one attached hydrogen (secondary N) is 1. The van der Waals surface area contributed by atoms with Crippen molar-refractivity contribution < 1.29 is 9.90 Å². The molecule has 2 aromatic heterocycles. The minimum atomic E-state index is -0.833. The van der Waals surface area contributed by atoms with E-state index in [0.717, 1.165) is 18.1 Å². The number of hydrogen-bond acceptors (Lipinski definition) is 7. The van der Waals surface area contributed by atoms with Gasteiger partial charge in [0.05, 0.1) is 26.1 Å². The predicted molar refractivity (Wildman–Crippen MR) is 113 cm³/mol. The Hall–Kier alpha value is -2.55. The van der Waals surface area contributed by atoms with Crippen molar-refractivity contribution in [2.75, 3.05) is 16.8 Å². The van der Waals surface area contributed by atoms with Gasteiger partial charge in [-0.2, -0.15) is 9.97 Å². The van der Waals surface area contributed by atoms with E-state index in [1.165, 1.54) is 0 Å². The van der Waals surface area contributed by atoms with Crippen molar-refractivity contribution >= 4 is 69.3 Å². The highest BCUT2D eigenvalue weighted by molar-refractivity contribution is 6.49. The smallest absolute Gasteiger partial charge is 0.300 e. The number of carboxylic acids is 1. The van der Waals surface area contributed by atoms with Gasteiger partial charge in [-0.1, -0.05) is 34.8 Å². The number of nitrogens with two attached hydrogens (primary N) is 2. The van der Waals surface area contributed by atoms with E-state index in [4.69, 9.17) is 56.2 Å². The summed E-state index contributed by atoms with van der Waals surface area (Å²) in [6.07, 6.45) is 1.71. The van der Waals surface area contributed by atoms with Crippen LogP contribution in [0.15, 0.2) is 18.3 Å². The van der Waals surface area contributed by atoms with Gasteiger partial charge in [0.25, 0.3) is 5.97 Å². The minimum absolute atomic E-state index is 0.0976. The summed E-state index contributed by atoms with van der Waals surface area (Å²) in [6, 6.07) is 3.44. The van der Waals surface area contributed by atoms with Gasteiger partial charge in [0.2, 0.25) is 5.95 Å². The Balaban J connectivity index is 0.000000640. The molecule has 0 aliphatic carbocycles. The van der Waals surface area contributed by atoms with Gasteiger partial charge in [-0.05, 0) is 30.2 Å². The lowest BCUT2D eigenvalue weighted by atomic mass is 10.1. The standard InChI is InChI=1S/C15H13Cl3N6.C2H4O2/c1-6-7(4-21-9-3-2-8(16)11(17)12(9)18)5-22-14-10(6)13(19)23-15(20)24-14;1-2(3)4/h2-3,5,21H,4H2,1H3,(H4,19,20,22,23,24);1H3,(H,3,4). The first-order chi connectivity index (χ1) is 13.1. The maximum atomic E-state index is 9.00. The molecule has 0 bridgehead atoms. The van der Waals surface area contributed by atoms with E-state index in [-0.39, 0.29) is 5.95 Å². The monoisotopic (exact) mass is 442 g/mol. The van der Waals surface area contributed by atoms with Crippen molar-refractivity contribution in [2.24, 2.45) is 0 Å². The van der Waals surface area contributed by atoms with Crippen LogP contribution in [0.3, 0.4) is 0 Å². The fourth-order valence-corrected chi connectivity index (χ4v) is 2.97. The second kappa shape index (κ2) is 9.09. The SMILES string of the molecule is CC(=O)O.Cc1c(CNc2ccc(Cl)c(Cl)c2Cl)cnc2nc(N)nc(N)c12. The molecule has 0 atom stereocenters. The normalized spacial score (nSPS) is 10.3. The summed E-state index contributed by atoms with van der Waals surface area (Å²) >= 11 is 18.2. The number of anilines is 3. The molecule has 8 nitrogen and oxygen atoms in total. The van der Waals surface area contributed by atoms with E-state index in [1.54, 1.807) is 18.3 Å². The Bertz CT molecular complexity index is 1040. The average molecular weight is 444 g/mol. The summed E-state index contributed by atoms with van der Waals surface area (Å²) in [6.45, 7) is 3.48. The molecule has 11 heteroatoms. The van der Waals surface area contributed by atoms with E-state index in [2.05, 4.69) is 20.3 Å². The third-order valence-electron chi connectivity index (χ3n) is 3.64. The van der Waals surface area contributed by atoms with E-state index in [9.17, 15) is 0 Å². The zero-order valence-corrected chi connectivity index (χ0v) is 17.2. The fourth-order valence-electron chi connectivity index (χ4n) is 2.36. The maximum Gasteiger partial charge on any atom is 0.300 e. The Morgan fingerprint density at radius 1 is 1.18 bits per heavy atom. The number of halogens is 3. The molecule has 0 saturated heterocycles. The van der Waals surface area contributed by atoms with E-state index < -0.39 is 5.97 Å². The van der Waals surface area contributed by atoms with Crippen LogP contribution >= 0.6 is 34.8 Å². The fraction of sp³-hybridized carbons (Fsp3) is 0.176. The van der Waals surface area contributed by atoms with Crippen LogP contribution in [0.25, 0.3) is 11.0 Å². The minimum Gasteiger partial charge on any atom is -0.481 e. The quantitative estimate of drug-likeness (QED) is 0.442. The molecule has 0 fully saturated rings. The van der Waals surface area contributed by atoms with Crippen LogP contribution in [-0.4, -0.2) is 26.0 Å². The van der Waals surface area contributed by atoms with Gasteiger partial charge in [0.15, 0.2) is 5.65 Å². The van der Waals surface area contributed by atoms with Gasteiger partial charge in [-0.25, -0.2) is 4.98 Å². The van der Waals surface area contributed by atoms with Crippen molar-refractivity contribution in [1.82, 2.24) is 15.0 Å². The molecule has 6 N–H and O–H groups in total. The number of benzene rings is 1. The summed E-state index contributed by atoms with van der Waals surface area (Å²) in [5.41, 5.74) is 14.5. The summed E-state index contributed by atoms with van der Waals surface area (Å²) in [5.74, 6) is -0.433. The second-order valence-electron chi connectivity index (χ2n) is 5.67. The topological polar surface area (TPSA) is 140 Å². The highest BCUT2D eigenvalue weighted by Gasteiger charge is 2.13. The molecule has 0 radical (unpaired) electrons. The van der Waals surface area contributed by atoms with Gasteiger partial charge in [0, 0.05) is 19.7 Å². The number of rotatable bonds is 3. The van der Waals surface area contributed by atoms with Crippen LogP contribution in [0, 0.1) is 6.92 Å². The molecule has 1 aromatic carbocycles. The number of carbonyl (C=O) groups is 1.